The summed E-state index contributed by atoms with van der Waals surface area (Å²) in [5.41, 5.74) is 0.292. The van der Waals surface area contributed by atoms with Crippen LogP contribution >= 0.6 is 0 Å². The minimum absolute atomic E-state index is 0.141. The molecule has 1 aliphatic heterocycles. The zero-order chi connectivity index (χ0) is 19.2. The highest BCUT2D eigenvalue weighted by molar-refractivity contribution is 5.90. The number of ketones is 1. The molecule has 1 fully saturated rings. The number of hydrogen-bond donors (Lipinski definition) is 2. The fraction of sp³-hybridized carbons (Fsp3) is 0.526. The third-order valence-electron chi connectivity index (χ3n) is 3.85. The van der Waals surface area contributed by atoms with Crippen molar-refractivity contribution in [1.29, 1.82) is 0 Å². The van der Waals surface area contributed by atoms with E-state index in [0.29, 0.717) is 12.8 Å². The van der Waals surface area contributed by atoms with Crippen molar-refractivity contribution < 1.29 is 23.9 Å². The van der Waals surface area contributed by atoms with Gasteiger partial charge in [0, 0.05) is 0 Å². The molecule has 2 N–H and O–H groups in total. The van der Waals surface area contributed by atoms with Gasteiger partial charge in [0.2, 0.25) is 0 Å². The summed E-state index contributed by atoms with van der Waals surface area (Å²) in [4.78, 5) is 35.9. The largest absolute Gasteiger partial charge is 0.460 e. The Kier molecular flexibility index (Phi) is 6.74. The number of esters is 1. The minimum atomic E-state index is -0.636. The lowest BCUT2D eigenvalue weighted by molar-refractivity contribution is -0.147. The van der Waals surface area contributed by atoms with Crippen LogP contribution in [0.1, 0.15) is 39.2 Å². The number of alkyl carbamates (subject to hydrolysis) is 1. The van der Waals surface area contributed by atoms with Crippen LogP contribution in [0.15, 0.2) is 30.3 Å². The summed E-state index contributed by atoms with van der Waals surface area (Å²) in [6.45, 7) is 5.31. The zero-order valence-electron chi connectivity index (χ0n) is 15.4. The van der Waals surface area contributed by atoms with Gasteiger partial charge in [-0.05, 0) is 39.2 Å². The quantitative estimate of drug-likeness (QED) is 0.751. The van der Waals surface area contributed by atoms with Gasteiger partial charge >= 0.3 is 12.1 Å². The van der Waals surface area contributed by atoms with Crippen LogP contribution in [0, 0.1) is 0 Å². The maximum absolute atomic E-state index is 12.2. The van der Waals surface area contributed by atoms with Crippen LogP contribution < -0.4 is 10.6 Å². The molecule has 142 valence electrons. The Morgan fingerprint density at radius 1 is 1.12 bits per heavy atom. The first-order valence-electron chi connectivity index (χ1n) is 8.71. The molecular weight excluding hydrogens is 336 g/mol. The van der Waals surface area contributed by atoms with Gasteiger partial charge in [-0.25, -0.2) is 4.79 Å². The van der Waals surface area contributed by atoms with E-state index in [9.17, 15) is 14.4 Å². The maximum Gasteiger partial charge on any atom is 0.408 e. The number of hydrogen-bond acceptors (Lipinski definition) is 6. The van der Waals surface area contributed by atoms with E-state index in [0.717, 1.165) is 5.56 Å². The number of nitrogens with one attached hydrogen (secondary N) is 2. The van der Waals surface area contributed by atoms with Crippen LogP contribution in [0.25, 0.3) is 0 Å². The molecular formula is C19H26N2O5. The molecule has 0 radical (unpaired) electrons. The number of amides is 1. The topological polar surface area (TPSA) is 93.7 Å². The van der Waals surface area contributed by atoms with E-state index in [2.05, 4.69) is 10.6 Å². The number of carbonyl (C=O) groups is 3. The second-order valence-corrected chi connectivity index (χ2v) is 7.26. The van der Waals surface area contributed by atoms with Gasteiger partial charge in [-0.3, -0.25) is 14.9 Å². The SMILES string of the molecule is CC(C)(C)OC(=O)NCC(=O)C1CCC(C(=O)OCc2ccccc2)N1. The lowest BCUT2D eigenvalue weighted by Crippen LogP contribution is -2.44. The molecule has 0 saturated carbocycles. The highest BCUT2D eigenvalue weighted by Crippen LogP contribution is 2.15. The summed E-state index contributed by atoms with van der Waals surface area (Å²) >= 11 is 0. The normalized spacial score (nSPS) is 19.7. The molecule has 26 heavy (non-hydrogen) atoms. The standard InChI is InChI=1S/C19H26N2O5/c1-19(2,3)26-18(24)20-11-16(22)14-9-10-15(21-14)17(23)25-12-13-7-5-4-6-8-13/h4-8,14-15,21H,9-12H2,1-3H3,(H,20,24). The average Bonchev–Trinajstić information content (AvgIpc) is 3.07. The Morgan fingerprint density at radius 3 is 2.42 bits per heavy atom. The lowest BCUT2D eigenvalue weighted by Gasteiger charge is -2.20. The van der Waals surface area contributed by atoms with Gasteiger partial charge in [-0.1, -0.05) is 30.3 Å². The molecule has 0 aliphatic carbocycles. The van der Waals surface area contributed by atoms with Gasteiger partial charge in [-0.2, -0.15) is 0 Å². The molecule has 1 heterocycles. The number of carbonyl (C=O) groups excluding carboxylic acids is 3. The fourth-order valence-electron chi connectivity index (χ4n) is 2.61. The highest BCUT2D eigenvalue weighted by Gasteiger charge is 2.34. The molecule has 2 unspecified atom stereocenters. The maximum atomic E-state index is 12.2. The fourth-order valence-corrected chi connectivity index (χ4v) is 2.61. The van der Waals surface area contributed by atoms with Gasteiger partial charge < -0.3 is 14.8 Å². The van der Waals surface area contributed by atoms with Crippen molar-refractivity contribution in [3.63, 3.8) is 0 Å². The molecule has 1 aromatic carbocycles. The molecule has 1 amide bonds. The number of rotatable bonds is 6. The van der Waals surface area contributed by atoms with Crippen molar-refractivity contribution in [3.05, 3.63) is 35.9 Å². The van der Waals surface area contributed by atoms with E-state index in [1.54, 1.807) is 20.8 Å². The zero-order valence-corrected chi connectivity index (χ0v) is 15.4. The van der Waals surface area contributed by atoms with E-state index >= 15 is 0 Å². The lowest BCUT2D eigenvalue weighted by atomic mass is 10.1. The van der Waals surface area contributed by atoms with Crippen LogP contribution in [0.5, 0.6) is 0 Å². The van der Waals surface area contributed by atoms with Crippen molar-refractivity contribution in [3.8, 4) is 0 Å². The Hall–Kier alpha value is -2.41. The van der Waals surface area contributed by atoms with E-state index in [4.69, 9.17) is 9.47 Å². The second-order valence-electron chi connectivity index (χ2n) is 7.26. The second kappa shape index (κ2) is 8.80. The summed E-state index contributed by atoms with van der Waals surface area (Å²) in [6.07, 6.45) is 0.416. The number of ether oxygens (including phenoxy) is 2. The number of benzene rings is 1. The summed E-state index contributed by atoms with van der Waals surface area (Å²) in [6, 6.07) is 8.43. The first-order chi connectivity index (χ1) is 12.2. The minimum Gasteiger partial charge on any atom is -0.460 e. The van der Waals surface area contributed by atoms with Crippen LogP contribution in [-0.2, 0) is 25.7 Å². The van der Waals surface area contributed by atoms with E-state index < -0.39 is 23.8 Å². The molecule has 0 spiro atoms. The van der Waals surface area contributed by atoms with E-state index in [-0.39, 0.29) is 24.9 Å². The molecule has 0 aromatic heterocycles. The van der Waals surface area contributed by atoms with Crippen LogP contribution in [0.2, 0.25) is 0 Å². The molecule has 7 heteroatoms. The van der Waals surface area contributed by atoms with E-state index in [1.165, 1.54) is 0 Å². The van der Waals surface area contributed by atoms with Crippen molar-refractivity contribution in [2.45, 2.75) is 57.9 Å². The van der Waals surface area contributed by atoms with Crippen molar-refractivity contribution in [2.75, 3.05) is 6.54 Å². The Labute approximate surface area is 153 Å². The molecule has 1 aliphatic rings. The Morgan fingerprint density at radius 2 is 1.77 bits per heavy atom. The van der Waals surface area contributed by atoms with Gasteiger partial charge in [-0.15, -0.1) is 0 Å². The van der Waals surface area contributed by atoms with Crippen LogP contribution in [0.3, 0.4) is 0 Å². The predicted octanol–water partition coefficient (Wildman–Crippen LogP) is 1.94. The Balaban J connectivity index is 1.72. The summed E-state index contributed by atoms with van der Waals surface area (Å²) in [7, 11) is 0. The molecule has 2 rings (SSSR count). The Bertz CT molecular complexity index is 639. The van der Waals surface area contributed by atoms with Gasteiger partial charge in [0.1, 0.15) is 18.2 Å². The molecule has 0 bridgehead atoms. The van der Waals surface area contributed by atoms with Gasteiger partial charge in [0.25, 0.3) is 0 Å². The van der Waals surface area contributed by atoms with Crippen molar-refractivity contribution in [1.82, 2.24) is 10.6 Å². The molecule has 1 saturated heterocycles. The van der Waals surface area contributed by atoms with Gasteiger partial charge in [0.15, 0.2) is 5.78 Å². The predicted molar refractivity (Wildman–Crippen MR) is 95.4 cm³/mol. The summed E-state index contributed by atoms with van der Waals surface area (Å²) in [5, 5.41) is 5.42. The third kappa shape index (κ3) is 6.48. The van der Waals surface area contributed by atoms with Crippen molar-refractivity contribution >= 4 is 17.8 Å². The molecule has 2 atom stereocenters. The van der Waals surface area contributed by atoms with Gasteiger partial charge in [0.05, 0.1) is 12.6 Å². The van der Waals surface area contributed by atoms with Crippen LogP contribution in [-0.4, -0.2) is 42.1 Å². The third-order valence-corrected chi connectivity index (χ3v) is 3.85. The monoisotopic (exact) mass is 362 g/mol. The first kappa shape index (κ1) is 19.9. The molecule has 7 nitrogen and oxygen atoms in total. The average molecular weight is 362 g/mol. The summed E-state index contributed by atoms with van der Waals surface area (Å²) in [5.74, 6) is -0.557. The molecule has 1 aromatic rings. The first-order valence-corrected chi connectivity index (χ1v) is 8.71. The van der Waals surface area contributed by atoms with Crippen molar-refractivity contribution in [2.24, 2.45) is 0 Å². The highest BCUT2D eigenvalue weighted by atomic mass is 16.6. The summed E-state index contributed by atoms with van der Waals surface area (Å²) < 4.78 is 10.4. The smallest absolute Gasteiger partial charge is 0.408 e. The van der Waals surface area contributed by atoms with E-state index in [1.807, 2.05) is 30.3 Å². The number of Topliss-reactive ketones (excluding diaryl/α,β-unsaturated/α-hetero) is 1. The van der Waals surface area contributed by atoms with Crippen LogP contribution in [0.4, 0.5) is 4.79 Å².